The maximum atomic E-state index is 11.2. The molecule has 0 bridgehead atoms. The summed E-state index contributed by atoms with van der Waals surface area (Å²) in [4.78, 5) is 27.5. The van der Waals surface area contributed by atoms with Crippen molar-refractivity contribution in [3.05, 3.63) is 18.7 Å². The number of hydrogen-bond donors (Lipinski definition) is 3. The Morgan fingerprint density at radius 2 is 2.19 bits per heavy atom. The SMILES string of the molecule is CCOC(=O)CCNc1nc(NN)nc(-n2ccnc2)n1. The van der Waals surface area contributed by atoms with E-state index in [1.165, 1.54) is 0 Å². The van der Waals surface area contributed by atoms with E-state index in [2.05, 4.69) is 30.7 Å². The zero-order chi connectivity index (χ0) is 15.1. The summed E-state index contributed by atoms with van der Waals surface area (Å²) in [5.41, 5.74) is 2.36. The van der Waals surface area contributed by atoms with Gasteiger partial charge in [-0.2, -0.15) is 15.0 Å². The van der Waals surface area contributed by atoms with Crippen LogP contribution in [-0.4, -0.2) is 43.6 Å². The van der Waals surface area contributed by atoms with Crippen LogP contribution in [0.4, 0.5) is 11.9 Å². The van der Waals surface area contributed by atoms with E-state index in [4.69, 9.17) is 10.6 Å². The van der Waals surface area contributed by atoms with Crippen LogP contribution in [0, 0.1) is 0 Å². The maximum absolute atomic E-state index is 11.2. The van der Waals surface area contributed by atoms with Crippen LogP contribution in [-0.2, 0) is 9.53 Å². The van der Waals surface area contributed by atoms with Crippen LogP contribution >= 0.6 is 0 Å². The van der Waals surface area contributed by atoms with Crippen LogP contribution in [0.3, 0.4) is 0 Å². The quantitative estimate of drug-likeness (QED) is 0.357. The van der Waals surface area contributed by atoms with Gasteiger partial charge >= 0.3 is 5.97 Å². The predicted octanol–water partition coefficient (Wildman–Crippen LogP) is -0.292. The molecule has 10 heteroatoms. The van der Waals surface area contributed by atoms with E-state index in [9.17, 15) is 4.79 Å². The molecule has 0 atom stereocenters. The van der Waals surface area contributed by atoms with Crippen LogP contribution in [0.1, 0.15) is 13.3 Å². The van der Waals surface area contributed by atoms with Gasteiger partial charge in [-0.25, -0.2) is 10.8 Å². The average Bonchev–Trinajstić information content (AvgIpc) is 3.01. The van der Waals surface area contributed by atoms with Crippen molar-refractivity contribution in [3.8, 4) is 5.95 Å². The third-order valence-electron chi connectivity index (χ3n) is 2.41. The molecule has 10 nitrogen and oxygen atoms in total. The van der Waals surface area contributed by atoms with Gasteiger partial charge in [-0.15, -0.1) is 0 Å². The van der Waals surface area contributed by atoms with E-state index in [1.807, 2.05) is 0 Å². The molecule has 2 rings (SSSR count). The van der Waals surface area contributed by atoms with Crippen LogP contribution in [0.15, 0.2) is 18.7 Å². The molecule has 0 aliphatic heterocycles. The van der Waals surface area contributed by atoms with Gasteiger partial charge in [0.05, 0.1) is 13.0 Å². The first-order chi connectivity index (χ1) is 10.2. The van der Waals surface area contributed by atoms with Gasteiger partial charge in [-0.05, 0) is 6.92 Å². The van der Waals surface area contributed by atoms with Crippen molar-refractivity contribution in [2.45, 2.75) is 13.3 Å². The first kappa shape index (κ1) is 14.7. The smallest absolute Gasteiger partial charge is 0.307 e. The molecule has 112 valence electrons. The fourth-order valence-electron chi connectivity index (χ4n) is 1.51. The van der Waals surface area contributed by atoms with E-state index in [1.54, 1.807) is 30.2 Å². The molecule has 0 saturated heterocycles. The number of nitrogens with two attached hydrogens (primary N) is 1. The van der Waals surface area contributed by atoms with Crippen molar-refractivity contribution in [2.75, 3.05) is 23.9 Å². The highest BCUT2D eigenvalue weighted by Gasteiger charge is 2.08. The first-order valence-electron chi connectivity index (χ1n) is 6.33. The van der Waals surface area contributed by atoms with Crippen molar-refractivity contribution in [1.29, 1.82) is 0 Å². The zero-order valence-electron chi connectivity index (χ0n) is 11.5. The molecule has 2 heterocycles. The van der Waals surface area contributed by atoms with Crippen LogP contribution in [0.2, 0.25) is 0 Å². The summed E-state index contributed by atoms with van der Waals surface area (Å²) in [6.07, 6.45) is 5.06. The minimum atomic E-state index is -0.286. The van der Waals surface area contributed by atoms with Crippen LogP contribution in [0.25, 0.3) is 5.95 Å². The Bertz CT molecular complexity index is 586. The second-order valence-electron chi connectivity index (χ2n) is 3.88. The number of hydrazine groups is 1. The predicted molar refractivity (Wildman–Crippen MR) is 74.5 cm³/mol. The fourth-order valence-corrected chi connectivity index (χ4v) is 1.51. The van der Waals surface area contributed by atoms with Crippen LogP contribution < -0.4 is 16.6 Å². The molecule has 4 N–H and O–H groups in total. The number of imidazole rings is 1. The minimum absolute atomic E-state index is 0.201. The van der Waals surface area contributed by atoms with Gasteiger partial charge in [0.2, 0.25) is 17.8 Å². The lowest BCUT2D eigenvalue weighted by atomic mass is 10.4. The number of rotatable bonds is 7. The van der Waals surface area contributed by atoms with Gasteiger partial charge in [0.15, 0.2) is 0 Å². The Morgan fingerprint density at radius 1 is 1.38 bits per heavy atom. The van der Waals surface area contributed by atoms with Crippen molar-refractivity contribution in [2.24, 2.45) is 5.84 Å². The van der Waals surface area contributed by atoms with E-state index in [-0.39, 0.29) is 18.3 Å². The summed E-state index contributed by atoms with van der Waals surface area (Å²) >= 11 is 0. The first-order valence-corrected chi connectivity index (χ1v) is 6.33. The molecule has 0 fully saturated rings. The number of esters is 1. The van der Waals surface area contributed by atoms with Crippen molar-refractivity contribution < 1.29 is 9.53 Å². The number of nitrogens with zero attached hydrogens (tertiary/aromatic N) is 5. The highest BCUT2D eigenvalue weighted by atomic mass is 16.5. The molecule has 0 aromatic carbocycles. The number of nitrogens with one attached hydrogen (secondary N) is 2. The standard InChI is InChI=1S/C11H16N8O2/c1-2-21-8(20)3-4-14-9-15-10(18-12)17-11(16-9)19-6-5-13-7-19/h5-7H,2-4,12H2,1H3,(H2,14,15,16,17,18). The monoisotopic (exact) mass is 292 g/mol. The van der Waals surface area contributed by atoms with E-state index < -0.39 is 0 Å². The summed E-state index contributed by atoms with van der Waals surface area (Å²) in [6.45, 7) is 2.46. The summed E-state index contributed by atoms with van der Waals surface area (Å²) in [5, 5.41) is 2.92. The lowest BCUT2D eigenvalue weighted by Gasteiger charge is -2.08. The van der Waals surface area contributed by atoms with Crippen molar-refractivity contribution in [1.82, 2.24) is 24.5 Å². The molecule has 0 amide bonds. The van der Waals surface area contributed by atoms with Gasteiger partial charge in [-0.3, -0.25) is 14.8 Å². The number of nitrogen functional groups attached to an aromatic ring is 1. The average molecular weight is 292 g/mol. The number of carbonyl (C=O) groups excluding carboxylic acids is 1. The zero-order valence-corrected chi connectivity index (χ0v) is 11.5. The fraction of sp³-hybridized carbons (Fsp3) is 0.364. The summed E-state index contributed by atoms with van der Waals surface area (Å²) < 4.78 is 6.44. The van der Waals surface area contributed by atoms with Gasteiger partial charge < -0.3 is 10.1 Å². The Kier molecular flexibility index (Phi) is 4.99. The lowest BCUT2D eigenvalue weighted by molar-refractivity contribution is -0.142. The third-order valence-corrected chi connectivity index (χ3v) is 2.41. The summed E-state index contributed by atoms with van der Waals surface area (Å²) in [6, 6.07) is 0. The largest absolute Gasteiger partial charge is 0.466 e. The molecule has 2 aromatic rings. The Morgan fingerprint density at radius 3 is 2.86 bits per heavy atom. The van der Waals surface area contributed by atoms with Crippen LogP contribution in [0.5, 0.6) is 0 Å². The van der Waals surface area contributed by atoms with E-state index in [0.29, 0.717) is 25.0 Å². The molecule has 0 saturated carbocycles. The van der Waals surface area contributed by atoms with Gasteiger partial charge in [0, 0.05) is 18.9 Å². The summed E-state index contributed by atoms with van der Waals surface area (Å²) in [5.74, 6) is 5.90. The molecule has 0 aliphatic rings. The molecule has 2 aromatic heterocycles. The minimum Gasteiger partial charge on any atom is -0.466 e. The third kappa shape index (κ3) is 4.11. The number of aromatic nitrogens is 5. The number of hydrogen-bond acceptors (Lipinski definition) is 9. The molecule has 21 heavy (non-hydrogen) atoms. The molecule has 0 aliphatic carbocycles. The highest BCUT2D eigenvalue weighted by Crippen LogP contribution is 2.08. The number of ether oxygens (including phenoxy) is 1. The maximum Gasteiger partial charge on any atom is 0.307 e. The number of anilines is 2. The molecular formula is C11H16N8O2. The van der Waals surface area contributed by atoms with E-state index in [0.717, 1.165) is 0 Å². The Balaban J connectivity index is 2.05. The highest BCUT2D eigenvalue weighted by molar-refractivity contribution is 5.69. The van der Waals surface area contributed by atoms with Gasteiger partial charge in [0.1, 0.15) is 6.33 Å². The molecular weight excluding hydrogens is 276 g/mol. The Labute approximate surface area is 120 Å². The second kappa shape index (κ2) is 7.14. The molecule has 0 radical (unpaired) electrons. The molecule has 0 spiro atoms. The Hall–Kier alpha value is -2.75. The normalized spacial score (nSPS) is 10.2. The van der Waals surface area contributed by atoms with Crippen molar-refractivity contribution in [3.63, 3.8) is 0 Å². The second-order valence-corrected chi connectivity index (χ2v) is 3.88. The van der Waals surface area contributed by atoms with Gasteiger partial charge in [-0.1, -0.05) is 0 Å². The summed E-state index contributed by atoms with van der Waals surface area (Å²) in [7, 11) is 0. The number of carbonyl (C=O) groups is 1. The van der Waals surface area contributed by atoms with Gasteiger partial charge in [0.25, 0.3) is 0 Å². The lowest BCUT2D eigenvalue weighted by Crippen LogP contribution is -2.17. The molecule has 0 unspecified atom stereocenters. The van der Waals surface area contributed by atoms with Crippen molar-refractivity contribution >= 4 is 17.9 Å². The topological polar surface area (TPSA) is 133 Å². The van der Waals surface area contributed by atoms with E-state index >= 15 is 0 Å².